The Morgan fingerprint density at radius 1 is 0.921 bits per heavy atom. The van der Waals surface area contributed by atoms with Gasteiger partial charge in [-0.15, -0.1) is 10.2 Å². The number of aromatic amines is 1. The van der Waals surface area contributed by atoms with Gasteiger partial charge in [0.1, 0.15) is 17.5 Å². The Morgan fingerprint density at radius 3 is 2.08 bits per heavy atom. The molecule has 2 aliphatic carbocycles. The van der Waals surface area contributed by atoms with E-state index in [1.54, 1.807) is 9.80 Å². The molecule has 2 saturated carbocycles. The quantitative estimate of drug-likeness (QED) is 0.586. The fourth-order valence-corrected chi connectivity index (χ4v) is 8.47. The molecule has 0 atom stereocenters. The maximum Gasteiger partial charge on any atom is 0.417 e. The molecule has 9 nitrogen and oxygen atoms in total. The number of aromatic nitrogens is 3. The number of nitrogens with one attached hydrogen (secondary N) is 1. The van der Waals surface area contributed by atoms with Gasteiger partial charge in [-0.05, 0) is 43.9 Å². The zero-order chi connectivity index (χ0) is 26.7. The molecule has 7 rings (SSSR count). The minimum Gasteiger partial charge on any atom is -0.328 e. The second-order valence-electron chi connectivity index (χ2n) is 11.9. The van der Waals surface area contributed by atoms with Gasteiger partial charge in [-0.2, -0.15) is 17.5 Å². The van der Waals surface area contributed by atoms with E-state index in [9.17, 15) is 30.8 Å². The molecule has 3 saturated heterocycles. The molecule has 4 heterocycles. The Kier molecular flexibility index (Phi) is 4.91. The van der Waals surface area contributed by atoms with E-state index in [0.717, 1.165) is 28.8 Å². The summed E-state index contributed by atoms with van der Waals surface area (Å²) in [6.07, 6.45) is -0.735. The van der Waals surface area contributed by atoms with Gasteiger partial charge >= 0.3 is 12.2 Å². The van der Waals surface area contributed by atoms with Crippen LogP contribution >= 0.6 is 0 Å². The van der Waals surface area contributed by atoms with Crippen molar-refractivity contribution in [1.82, 2.24) is 29.3 Å². The van der Waals surface area contributed by atoms with Crippen LogP contribution in [0.5, 0.6) is 0 Å². The van der Waals surface area contributed by atoms with Crippen molar-refractivity contribution in [2.75, 3.05) is 39.3 Å². The third-order valence-electron chi connectivity index (χ3n) is 8.77. The molecule has 1 N–H and O–H groups in total. The molecular formula is C24H26F4N6O3S. The van der Waals surface area contributed by atoms with Crippen LogP contribution in [-0.4, -0.2) is 83.0 Å². The summed E-state index contributed by atoms with van der Waals surface area (Å²) in [6, 6.07) is 1.49. The summed E-state index contributed by atoms with van der Waals surface area (Å²) >= 11 is 0. The average molecular weight is 555 g/mol. The molecule has 5 fully saturated rings. The third-order valence-corrected chi connectivity index (χ3v) is 10.6. The lowest BCUT2D eigenvalue weighted by Crippen LogP contribution is -2.76. The molecule has 1 aromatic carbocycles. The monoisotopic (exact) mass is 554 g/mol. The van der Waals surface area contributed by atoms with Crippen LogP contribution in [0.25, 0.3) is 0 Å². The van der Waals surface area contributed by atoms with Gasteiger partial charge in [-0.3, -0.25) is 0 Å². The van der Waals surface area contributed by atoms with Crippen LogP contribution in [0.1, 0.15) is 54.7 Å². The van der Waals surface area contributed by atoms with Crippen molar-refractivity contribution < 1.29 is 30.8 Å². The third kappa shape index (κ3) is 3.74. The molecule has 2 aromatic rings. The molecule has 0 radical (unpaired) electrons. The van der Waals surface area contributed by atoms with Gasteiger partial charge < -0.3 is 14.8 Å². The molecule has 14 heteroatoms. The lowest BCUT2D eigenvalue weighted by Gasteiger charge is -2.63. The number of nitrogens with zero attached hydrogens (tertiary/aromatic N) is 5. The highest BCUT2D eigenvalue weighted by atomic mass is 32.2. The highest BCUT2D eigenvalue weighted by molar-refractivity contribution is 7.89. The molecule has 5 aliphatic rings. The second-order valence-corrected chi connectivity index (χ2v) is 13.8. The maximum atomic E-state index is 13.4. The first kappa shape index (κ1) is 24.3. The van der Waals surface area contributed by atoms with Crippen molar-refractivity contribution in [2.45, 2.75) is 48.6 Å². The van der Waals surface area contributed by atoms with Crippen LogP contribution in [0, 0.1) is 16.6 Å². The number of likely N-dealkylation sites (tertiary alicyclic amines) is 2. The number of sulfonamides is 1. The highest BCUT2D eigenvalue weighted by Gasteiger charge is 2.60. The smallest absolute Gasteiger partial charge is 0.328 e. The minimum absolute atomic E-state index is 0.0272. The Bertz CT molecular complexity index is 1410. The van der Waals surface area contributed by atoms with Gasteiger partial charge in [0, 0.05) is 61.9 Å². The van der Waals surface area contributed by atoms with Crippen LogP contribution in [0.3, 0.4) is 0 Å². The summed E-state index contributed by atoms with van der Waals surface area (Å²) in [5, 5.41) is 8.57. The molecular weight excluding hydrogens is 528 g/mol. The zero-order valence-corrected chi connectivity index (χ0v) is 21.2. The van der Waals surface area contributed by atoms with Crippen molar-refractivity contribution in [1.29, 1.82) is 0 Å². The summed E-state index contributed by atoms with van der Waals surface area (Å²) in [5.41, 5.74) is -1.83. The van der Waals surface area contributed by atoms with Crippen LogP contribution in [-0.2, 0) is 16.2 Å². The number of carbonyl (C=O) groups excluding carboxylic acids is 1. The van der Waals surface area contributed by atoms with Crippen molar-refractivity contribution in [3.63, 3.8) is 0 Å². The predicted octanol–water partition coefficient (Wildman–Crippen LogP) is 3.15. The number of amides is 2. The second kappa shape index (κ2) is 7.68. The van der Waals surface area contributed by atoms with E-state index in [1.165, 1.54) is 12.8 Å². The molecule has 1 aromatic heterocycles. The highest BCUT2D eigenvalue weighted by Crippen LogP contribution is 2.56. The van der Waals surface area contributed by atoms with Crippen molar-refractivity contribution in [3.05, 3.63) is 41.2 Å². The summed E-state index contributed by atoms with van der Waals surface area (Å²) in [5.74, 6) is 1.65. The van der Waals surface area contributed by atoms with E-state index in [1.807, 2.05) is 0 Å². The van der Waals surface area contributed by atoms with Gasteiger partial charge in [0.25, 0.3) is 0 Å². The van der Waals surface area contributed by atoms with Crippen LogP contribution in [0.2, 0.25) is 0 Å². The summed E-state index contributed by atoms with van der Waals surface area (Å²) in [4.78, 5) is 18.8. The van der Waals surface area contributed by atoms with E-state index < -0.39 is 37.9 Å². The molecule has 2 amide bonds. The topological polar surface area (TPSA) is 102 Å². The first-order valence-electron chi connectivity index (χ1n) is 12.7. The van der Waals surface area contributed by atoms with E-state index in [2.05, 4.69) is 15.2 Å². The maximum absolute atomic E-state index is 13.4. The Labute approximate surface area is 216 Å². The summed E-state index contributed by atoms with van der Waals surface area (Å²) < 4.78 is 80.2. The fraction of sp³-hybridized carbons (Fsp3) is 0.625. The normalized spacial score (nSPS) is 24.6. The van der Waals surface area contributed by atoms with E-state index in [0.29, 0.717) is 50.1 Å². The van der Waals surface area contributed by atoms with Crippen LogP contribution < -0.4 is 0 Å². The van der Waals surface area contributed by atoms with E-state index >= 15 is 0 Å². The number of carbonyl (C=O) groups is 1. The van der Waals surface area contributed by atoms with Gasteiger partial charge in [0.2, 0.25) is 10.0 Å². The number of benzene rings is 1. The average Bonchev–Trinajstić information content (AvgIpc) is 3.46. The first-order chi connectivity index (χ1) is 17.9. The van der Waals surface area contributed by atoms with E-state index in [4.69, 9.17) is 0 Å². The molecule has 0 bridgehead atoms. The molecule has 0 unspecified atom stereocenters. The lowest BCUT2D eigenvalue weighted by atomic mass is 9.57. The van der Waals surface area contributed by atoms with Crippen LogP contribution in [0.4, 0.5) is 22.4 Å². The number of hydrogen-bond donors (Lipinski definition) is 1. The van der Waals surface area contributed by atoms with Gasteiger partial charge in [0.15, 0.2) is 0 Å². The van der Waals surface area contributed by atoms with Gasteiger partial charge in [-0.25, -0.2) is 17.6 Å². The fourth-order valence-electron chi connectivity index (χ4n) is 6.61. The molecule has 204 valence electrons. The molecule has 38 heavy (non-hydrogen) atoms. The first-order valence-corrected chi connectivity index (χ1v) is 14.1. The predicted molar refractivity (Wildman–Crippen MR) is 124 cm³/mol. The number of alkyl halides is 3. The van der Waals surface area contributed by atoms with Gasteiger partial charge in [-0.1, -0.05) is 0 Å². The number of halogens is 4. The Hall–Kier alpha value is -2.74. The van der Waals surface area contributed by atoms with Gasteiger partial charge in [0.05, 0.1) is 10.5 Å². The zero-order valence-electron chi connectivity index (χ0n) is 20.3. The molecule has 2 spiro atoms. The van der Waals surface area contributed by atoms with Crippen molar-refractivity contribution in [2.24, 2.45) is 10.8 Å². The lowest BCUT2D eigenvalue weighted by molar-refractivity contribution is -0.140. The number of hydrogen-bond acceptors (Lipinski definition) is 5. The van der Waals surface area contributed by atoms with Crippen LogP contribution in [0.15, 0.2) is 23.1 Å². The number of H-pyrrole nitrogens is 1. The SMILES string of the molecule is O=C(N1CC2(CC(c3nnc(C4CC4)[nH]3)C2)C1)N1CC2(C1)CN(S(=O)(=O)c1ccc(F)cc1C(F)(F)F)C2. The van der Waals surface area contributed by atoms with E-state index in [-0.39, 0.29) is 30.6 Å². The number of rotatable bonds is 4. The Morgan fingerprint density at radius 2 is 1.50 bits per heavy atom. The largest absolute Gasteiger partial charge is 0.417 e. The summed E-state index contributed by atoms with van der Waals surface area (Å²) in [6.45, 7) is 2.14. The Balaban J connectivity index is 0.909. The summed E-state index contributed by atoms with van der Waals surface area (Å²) in [7, 11) is -4.45. The molecule has 3 aliphatic heterocycles. The minimum atomic E-state index is -5.00. The van der Waals surface area contributed by atoms with Crippen molar-refractivity contribution >= 4 is 16.1 Å². The van der Waals surface area contributed by atoms with Crippen molar-refractivity contribution in [3.8, 4) is 0 Å². The standard InChI is InChI=1S/C24H26F4N6O3S/c25-16-3-4-18(17(5-16)24(26,27)28)38(36,37)34-12-23(13-34)10-33(11-23)21(35)32-8-22(9-32)6-15(7-22)20-29-19(30-31-20)14-1-2-14/h3-5,14-15H,1-2,6-13H2,(H,29,30,31). The number of urea groups is 1.